The van der Waals surface area contributed by atoms with E-state index >= 15 is 0 Å². The van der Waals surface area contributed by atoms with Gasteiger partial charge in [-0.15, -0.1) is 0 Å². The first kappa shape index (κ1) is 16.5. The van der Waals surface area contributed by atoms with E-state index in [0.717, 1.165) is 12.5 Å². The van der Waals surface area contributed by atoms with Crippen LogP contribution in [-0.4, -0.2) is 30.6 Å². The highest BCUT2D eigenvalue weighted by molar-refractivity contribution is 5.18. The summed E-state index contributed by atoms with van der Waals surface area (Å²) < 4.78 is 0. The Balaban J connectivity index is 1.90. The molecule has 1 aliphatic carbocycles. The normalized spacial score (nSPS) is 16.6. The van der Waals surface area contributed by atoms with Crippen molar-refractivity contribution in [3.63, 3.8) is 0 Å². The van der Waals surface area contributed by atoms with Crippen LogP contribution in [-0.2, 0) is 0 Å². The first-order chi connectivity index (χ1) is 10.2. The van der Waals surface area contributed by atoms with Gasteiger partial charge < -0.3 is 10.2 Å². The van der Waals surface area contributed by atoms with Crippen molar-refractivity contribution in [2.24, 2.45) is 5.92 Å². The first-order valence-electron chi connectivity index (χ1n) is 8.73. The summed E-state index contributed by atoms with van der Waals surface area (Å²) in [5.74, 6) is 0.978. The highest BCUT2D eigenvalue weighted by Crippen LogP contribution is 2.30. The summed E-state index contributed by atoms with van der Waals surface area (Å²) >= 11 is 0. The Labute approximate surface area is 130 Å². The van der Waals surface area contributed by atoms with Gasteiger partial charge in [-0.2, -0.15) is 0 Å². The molecular formula is C19H32N2. The Bertz CT molecular complexity index is 384. The van der Waals surface area contributed by atoms with Crippen LogP contribution in [0, 0.1) is 5.92 Å². The monoisotopic (exact) mass is 288 g/mol. The number of benzene rings is 1. The molecule has 1 unspecified atom stereocenters. The number of rotatable bonds is 10. The quantitative estimate of drug-likeness (QED) is 0.693. The number of nitrogens with one attached hydrogen (secondary N) is 1. The van der Waals surface area contributed by atoms with Crippen molar-refractivity contribution in [2.45, 2.75) is 58.5 Å². The number of hydrogen-bond donors (Lipinski definition) is 1. The van der Waals surface area contributed by atoms with Crippen LogP contribution in [0.25, 0.3) is 0 Å². The lowest BCUT2D eigenvalue weighted by molar-refractivity contribution is 0.201. The van der Waals surface area contributed by atoms with Crippen LogP contribution in [0.15, 0.2) is 30.3 Å². The minimum absolute atomic E-state index is 0.492. The fraction of sp³-hybridized carbons (Fsp3) is 0.684. The maximum atomic E-state index is 3.72. The lowest BCUT2D eigenvalue weighted by Gasteiger charge is -2.29. The molecule has 1 fully saturated rings. The zero-order chi connectivity index (χ0) is 15.1. The van der Waals surface area contributed by atoms with Crippen LogP contribution in [0.4, 0.5) is 0 Å². The summed E-state index contributed by atoms with van der Waals surface area (Å²) in [4.78, 5) is 2.67. The zero-order valence-electron chi connectivity index (χ0n) is 14.0. The summed E-state index contributed by atoms with van der Waals surface area (Å²) in [6, 6.07) is 12.1. The van der Waals surface area contributed by atoms with Crippen molar-refractivity contribution in [3.05, 3.63) is 35.9 Å². The molecule has 0 heterocycles. The van der Waals surface area contributed by atoms with Gasteiger partial charge in [0.25, 0.3) is 0 Å². The third-order valence-electron chi connectivity index (χ3n) is 4.47. The smallest absolute Gasteiger partial charge is 0.0332 e. The second-order valence-electron chi connectivity index (χ2n) is 6.74. The van der Waals surface area contributed by atoms with Crippen molar-refractivity contribution in [2.75, 3.05) is 19.6 Å². The molecule has 0 spiro atoms. The molecule has 0 bridgehead atoms. The predicted molar refractivity (Wildman–Crippen MR) is 91.5 cm³/mol. The standard InChI is InChI=1S/C19H32N2/c1-4-13-20-19(18-8-6-5-7-9-18)12-14-21(16(2)3)15-17-10-11-17/h5-9,16-17,19-20H,4,10-15H2,1-3H3. The molecule has 1 aliphatic rings. The second-order valence-corrected chi connectivity index (χ2v) is 6.74. The molecule has 21 heavy (non-hydrogen) atoms. The Morgan fingerprint density at radius 1 is 1.19 bits per heavy atom. The van der Waals surface area contributed by atoms with Gasteiger partial charge in [0.15, 0.2) is 0 Å². The van der Waals surface area contributed by atoms with E-state index < -0.39 is 0 Å². The van der Waals surface area contributed by atoms with Gasteiger partial charge >= 0.3 is 0 Å². The van der Waals surface area contributed by atoms with Gasteiger partial charge in [0.1, 0.15) is 0 Å². The molecule has 1 aromatic rings. The van der Waals surface area contributed by atoms with Crippen LogP contribution in [0.5, 0.6) is 0 Å². The maximum absolute atomic E-state index is 3.72. The Morgan fingerprint density at radius 2 is 1.90 bits per heavy atom. The van der Waals surface area contributed by atoms with Gasteiger partial charge in [0, 0.05) is 25.2 Å². The number of hydrogen-bond acceptors (Lipinski definition) is 2. The molecule has 0 radical (unpaired) electrons. The van der Waals surface area contributed by atoms with Gasteiger partial charge in [0.05, 0.1) is 0 Å². The molecule has 1 N–H and O–H groups in total. The molecular weight excluding hydrogens is 256 g/mol. The summed E-state index contributed by atoms with van der Waals surface area (Å²) in [5.41, 5.74) is 1.43. The molecule has 1 aromatic carbocycles. The molecule has 0 amide bonds. The molecule has 2 heteroatoms. The van der Waals surface area contributed by atoms with Gasteiger partial charge in [-0.05, 0) is 57.6 Å². The third-order valence-corrected chi connectivity index (χ3v) is 4.47. The van der Waals surface area contributed by atoms with E-state index in [2.05, 4.69) is 61.3 Å². The highest BCUT2D eigenvalue weighted by atomic mass is 15.2. The Kier molecular flexibility index (Phi) is 6.72. The Morgan fingerprint density at radius 3 is 2.48 bits per heavy atom. The molecule has 0 aromatic heterocycles. The Hall–Kier alpha value is -0.860. The minimum atomic E-state index is 0.492. The minimum Gasteiger partial charge on any atom is -0.310 e. The van der Waals surface area contributed by atoms with Crippen LogP contribution >= 0.6 is 0 Å². The van der Waals surface area contributed by atoms with Crippen molar-refractivity contribution in [1.82, 2.24) is 10.2 Å². The van der Waals surface area contributed by atoms with E-state index in [9.17, 15) is 0 Å². The SMILES string of the molecule is CCCNC(CCN(CC1CC1)C(C)C)c1ccccc1. The van der Waals surface area contributed by atoms with Gasteiger partial charge in [-0.3, -0.25) is 0 Å². The van der Waals surface area contributed by atoms with Crippen molar-refractivity contribution in [3.8, 4) is 0 Å². The third kappa shape index (κ3) is 5.80. The summed E-state index contributed by atoms with van der Waals surface area (Å²) in [6.07, 6.45) is 5.28. The van der Waals surface area contributed by atoms with Gasteiger partial charge in [-0.1, -0.05) is 37.3 Å². The molecule has 0 saturated heterocycles. The van der Waals surface area contributed by atoms with E-state index in [1.807, 2.05) is 0 Å². The van der Waals surface area contributed by atoms with Crippen LogP contribution in [0.3, 0.4) is 0 Å². The van der Waals surface area contributed by atoms with E-state index in [-0.39, 0.29) is 0 Å². The van der Waals surface area contributed by atoms with E-state index in [4.69, 9.17) is 0 Å². The lowest BCUT2D eigenvalue weighted by atomic mass is 10.0. The molecule has 1 atom stereocenters. The largest absolute Gasteiger partial charge is 0.310 e. The van der Waals surface area contributed by atoms with Crippen molar-refractivity contribution < 1.29 is 0 Å². The fourth-order valence-electron chi connectivity index (χ4n) is 2.88. The zero-order valence-corrected chi connectivity index (χ0v) is 14.0. The van der Waals surface area contributed by atoms with Crippen LogP contribution in [0.1, 0.15) is 58.1 Å². The summed E-state index contributed by atoms with van der Waals surface area (Å²) in [6.45, 7) is 10.5. The van der Waals surface area contributed by atoms with Crippen molar-refractivity contribution in [1.29, 1.82) is 0 Å². The average Bonchev–Trinajstić information content (AvgIpc) is 3.30. The molecule has 0 aliphatic heterocycles. The molecule has 2 rings (SSSR count). The van der Waals surface area contributed by atoms with Crippen LogP contribution in [0.2, 0.25) is 0 Å². The van der Waals surface area contributed by atoms with E-state index in [1.165, 1.54) is 44.3 Å². The van der Waals surface area contributed by atoms with Gasteiger partial charge in [-0.25, -0.2) is 0 Å². The summed E-state index contributed by atoms with van der Waals surface area (Å²) in [5, 5.41) is 3.72. The first-order valence-corrected chi connectivity index (χ1v) is 8.73. The summed E-state index contributed by atoms with van der Waals surface area (Å²) in [7, 11) is 0. The topological polar surface area (TPSA) is 15.3 Å². The molecule has 2 nitrogen and oxygen atoms in total. The highest BCUT2D eigenvalue weighted by Gasteiger charge is 2.25. The second kappa shape index (κ2) is 8.55. The number of nitrogens with zero attached hydrogens (tertiary/aromatic N) is 1. The average molecular weight is 288 g/mol. The van der Waals surface area contributed by atoms with E-state index in [1.54, 1.807) is 0 Å². The van der Waals surface area contributed by atoms with E-state index in [0.29, 0.717) is 12.1 Å². The van der Waals surface area contributed by atoms with Gasteiger partial charge in [0.2, 0.25) is 0 Å². The van der Waals surface area contributed by atoms with Crippen molar-refractivity contribution >= 4 is 0 Å². The van der Waals surface area contributed by atoms with Crippen LogP contribution < -0.4 is 5.32 Å². The molecule has 118 valence electrons. The maximum Gasteiger partial charge on any atom is 0.0332 e. The molecule has 1 saturated carbocycles. The lowest BCUT2D eigenvalue weighted by Crippen LogP contribution is -2.36. The predicted octanol–water partition coefficient (Wildman–Crippen LogP) is 4.24. The fourth-order valence-corrected chi connectivity index (χ4v) is 2.88.